The molecule has 4 aromatic rings. The number of rotatable bonds is 6. The third kappa shape index (κ3) is 4.35. The highest BCUT2D eigenvalue weighted by Gasteiger charge is 2.15. The Morgan fingerprint density at radius 1 is 0.933 bits per heavy atom. The summed E-state index contributed by atoms with van der Waals surface area (Å²) in [6.07, 6.45) is -0.619. The van der Waals surface area contributed by atoms with Crippen molar-refractivity contribution in [1.82, 2.24) is 4.98 Å². The van der Waals surface area contributed by atoms with E-state index in [1.807, 2.05) is 72.8 Å². The summed E-state index contributed by atoms with van der Waals surface area (Å²) in [4.78, 5) is 17.0. The van der Waals surface area contributed by atoms with E-state index in [4.69, 9.17) is 9.15 Å². The van der Waals surface area contributed by atoms with Gasteiger partial charge in [-0.25, -0.2) is 4.98 Å². The second kappa shape index (κ2) is 8.41. The Balaban J connectivity index is 1.39. The molecule has 4 rings (SSSR count). The number of carbonyl (C=O) groups is 1. The molecule has 1 amide bonds. The lowest BCUT2D eigenvalue weighted by Gasteiger charge is -2.15. The van der Waals surface area contributed by atoms with Crippen LogP contribution in [0.15, 0.2) is 77.2 Å². The molecule has 152 valence electrons. The summed E-state index contributed by atoms with van der Waals surface area (Å²) >= 11 is 0. The summed E-state index contributed by atoms with van der Waals surface area (Å²) < 4.78 is 11.6. The molecule has 5 heteroatoms. The number of fused-ring (bicyclic) bond motifs is 1. The van der Waals surface area contributed by atoms with Crippen LogP contribution >= 0.6 is 0 Å². The highest BCUT2D eigenvalue weighted by atomic mass is 16.5. The zero-order valence-electron chi connectivity index (χ0n) is 17.3. The molecule has 1 N–H and O–H groups in total. The second-order valence-electron chi connectivity index (χ2n) is 7.54. The van der Waals surface area contributed by atoms with Gasteiger partial charge >= 0.3 is 0 Å². The maximum atomic E-state index is 12.5. The smallest absolute Gasteiger partial charge is 0.265 e. The number of nitrogens with one attached hydrogen (secondary N) is 1. The van der Waals surface area contributed by atoms with Crippen molar-refractivity contribution in [2.24, 2.45) is 0 Å². The van der Waals surface area contributed by atoms with Crippen molar-refractivity contribution in [3.63, 3.8) is 0 Å². The van der Waals surface area contributed by atoms with E-state index in [2.05, 4.69) is 24.1 Å². The molecular weight excluding hydrogens is 376 g/mol. The number of hydrogen-bond donors (Lipinski definition) is 1. The van der Waals surface area contributed by atoms with Crippen molar-refractivity contribution >= 4 is 22.7 Å². The highest BCUT2D eigenvalue weighted by molar-refractivity contribution is 5.94. The van der Waals surface area contributed by atoms with Crippen LogP contribution in [-0.2, 0) is 4.79 Å². The number of oxazole rings is 1. The van der Waals surface area contributed by atoms with E-state index in [-0.39, 0.29) is 5.91 Å². The summed E-state index contributed by atoms with van der Waals surface area (Å²) in [7, 11) is 0. The zero-order chi connectivity index (χ0) is 21.1. The maximum Gasteiger partial charge on any atom is 0.265 e. The van der Waals surface area contributed by atoms with E-state index in [0.29, 0.717) is 23.2 Å². The summed E-state index contributed by atoms with van der Waals surface area (Å²) in [6, 6.07) is 22.9. The lowest BCUT2D eigenvalue weighted by molar-refractivity contribution is -0.122. The van der Waals surface area contributed by atoms with Gasteiger partial charge in [0.1, 0.15) is 11.3 Å². The molecule has 5 nitrogen and oxygen atoms in total. The molecule has 0 spiro atoms. The first kappa shape index (κ1) is 19.7. The Kier molecular flexibility index (Phi) is 5.53. The number of anilines is 1. The van der Waals surface area contributed by atoms with Gasteiger partial charge in [0.15, 0.2) is 11.7 Å². The molecule has 0 aliphatic rings. The Hall–Kier alpha value is -3.60. The number of amides is 1. The number of nitrogens with zero attached hydrogens (tertiary/aromatic N) is 1. The summed E-state index contributed by atoms with van der Waals surface area (Å²) in [5.41, 5.74) is 4.33. The van der Waals surface area contributed by atoms with E-state index in [9.17, 15) is 4.79 Å². The first-order valence-corrected chi connectivity index (χ1v) is 10.0. The van der Waals surface area contributed by atoms with Gasteiger partial charge in [-0.2, -0.15) is 0 Å². The summed E-state index contributed by atoms with van der Waals surface area (Å²) in [6.45, 7) is 6.02. The van der Waals surface area contributed by atoms with E-state index in [1.165, 1.54) is 5.56 Å². The van der Waals surface area contributed by atoms with Crippen molar-refractivity contribution in [1.29, 1.82) is 0 Å². The van der Waals surface area contributed by atoms with Gasteiger partial charge < -0.3 is 14.5 Å². The fraction of sp³-hybridized carbons (Fsp3) is 0.200. The van der Waals surface area contributed by atoms with Gasteiger partial charge in [-0.15, -0.1) is 0 Å². The molecule has 3 aromatic carbocycles. The molecular formula is C25H24N2O3. The van der Waals surface area contributed by atoms with E-state index in [1.54, 1.807) is 6.92 Å². The van der Waals surface area contributed by atoms with Gasteiger partial charge in [-0.3, -0.25) is 4.79 Å². The van der Waals surface area contributed by atoms with Gasteiger partial charge in [-0.1, -0.05) is 38.1 Å². The van der Waals surface area contributed by atoms with Crippen molar-refractivity contribution in [3.05, 3.63) is 78.4 Å². The third-order valence-corrected chi connectivity index (χ3v) is 4.92. The first-order valence-electron chi connectivity index (χ1n) is 10.0. The molecule has 0 aliphatic heterocycles. The molecule has 0 saturated carbocycles. The molecule has 0 radical (unpaired) electrons. The number of carbonyl (C=O) groups excluding carboxylic acids is 1. The molecule has 0 unspecified atom stereocenters. The SMILES string of the molecule is CC(C)c1ccc(O[C@@H](C)C(=O)Nc2ccc(-c3nc4ccccc4o3)cc2)cc1. The number of para-hydroxylation sites is 2. The minimum Gasteiger partial charge on any atom is -0.481 e. The van der Waals surface area contributed by atoms with Crippen LogP contribution in [0.25, 0.3) is 22.6 Å². The largest absolute Gasteiger partial charge is 0.481 e. The lowest BCUT2D eigenvalue weighted by atomic mass is 10.0. The van der Waals surface area contributed by atoms with E-state index < -0.39 is 6.10 Å². The van der Waals surface area contributed by atoms with Crippen LogP contribution < -0.4 is 10.1 Å². The van der Waals surface area contributed by atoms with Gasteiger partial charge in [-0.05, 0) is 66.9 Å². The van der Waals surface area contributed by atoms with Crippen LogP contribution in [0.3, 0.4) is 0 Å². The predicted molar refractivity (Wildman–Crippen MR) is 119 cm³/mol. The Labute approximate surface area is 175 Å². The minimum atomic E-state index is -0.619. The molecule has 0 fully saturated rings. The molecule has 0 bridgehead atoms. The van der Waals surface area contributed by atoms with Crippen LogP contribution in [0.4, 0.5) is 5.69 Å². The Bertz CT molecular complexity index is 1110. The van der Waals surface area contributed by atoms with Crippen LogP contribution in [0.1, 0.15) is 32.3 Å². The van der Waals surface area contributed by atoms with Crippen molar-refractivity contribution < 1.29 is 13.9 Å². The molecule has 0 aliphatic carbocycles. The zero-order valence-corrected chi connectivity index (χ0v) is 17.3. The molecule has 1 aromatic heterocycles. The monoisotopic (exact) mass is 400 g/mol. The normalized spacial score (nSPS) is 12.1. The Morgan fingerprint density at radius 2 is 1.63 bits per heavy atom. The van der Waals surface area contributed by atoms with E-state index in [0.717, 1.165) is 16.7 Å². The number of hydrogen-bond acceptors (Lipinski definition) is 4. The average Bonchev–Trinajstić information content (AvgIpc) is 3.19. The molecule has 1 heterocycles. The summed E-state index contributed by atoms with van der Waals surface area (Å²) in [5.74, 6) is 1.47. The number of aromatic nitrogens is 1. The highest BCUT2D eigenvalue weighted by Crippen LogP contribution is 2.25. The van der Waals surface area contributed by atoms with E-state index >= 15 is 0 Å². The number of ether oxygens (including phenoxy) is 1. The Morgan fingerprint density at radius 3 is 2.30 bits per heavy atom. The van der Waals surface area contributed by atoms with Crippen LogP contribution in [0.2, 0.25) is 0 Å². The third-order valence-electron chi connectivity index (χ3n) is 4.92. The van der Waals surface area contributed by atoms with Crippen LogP contribution in [0, 0.1) is 0 Å². The average molecular weight is 400 g/mol. The summed E-state index contributed by atoms with van der Waals surface area (Å²) in [5, 5.41) is 2.88. The fourth-order valence-corrected chi connectivity index (χ4v) is 3.12. The second-order valence-corrected chi connectivity index (χ2v) is 7.54. The standard InChI is InChI=1S/C25H24N2O3/c1-16(2)18-10-14-21(15-11-18)29-17(3)24(28)26-20-12-8-19(9-13-20)25-27-22-6-4-5-7-23(22)30-25/h4-17H,1-3H3,(H,26,28)/t17-/m0/s1. The lowest BCUT2D eigenvalue weighted by Crippen LogP contribution is -2.30. The van der Waals surface area contributed by atoms with Crippen molar-refractivity contribution in [3.8, 4) is 17.2 Å². The van der Waals surface area contributed by atoms with Gasteiger partial charge in [0, 0.05) is 11.3 Å². The van der Waals surface area contributed by atoms with Gasteiger partial charge in [0.25, 0.3) is 5.91 Å². The number of benzene rings is 3. The quantitative estimate of drug-likeness (QED) is 0.429. The van der Waals surface area contributed by atoms with Gasteiger partial charge in [0.05, 0.1) is 0 Å². The maximum absolute atomic E-state index is 12.5. The molecule has 30 heavy (non-hydrogen) atoms. The molecule has 1 atom stereocenters. The van der Waals surface area contributed by atoms with Crippen molar-refractivity contribution in [2.45, 2.75) is 32.8 Å². The van der Waals surface area contributed by atoms with Crippen molar-refractivity contribution in [2.75, 3.05) is 5.32 Å². The predicted octanol–water partition coefficient (Wildman–Crippen LogP) is 6.02. The first-order chi connectivity index (χ1) is 14.5. The van der Waals surface area contributed by atoms with Crippen LogP contribution in [0.5, 0.6) is 5.75 Å². The fourth-order valence-electron chi connectivity index (χ4n) is 3.12. The molecule has 0 saturated heterocycles. The van der Waals surface area contributed by atoms with Crippen LogP contribution in [-0.4, -0.2) is 17.0 Å². The minimum absolute atomic E-state index is 0.211. The van der Waals surface area contributed by atoms with Gasteiger partial charge in [0.2, 0.25) is 5.89 Å². The topological polar surface area (TPSA) is 64.4 Å².